The average molecular weight is 379 g/mol. The van der Waals surface area contributed by atoms with Crippen molar-refractivity contribution in [3.05, 3.63) is 56.5 Å². The van der Waals surface area contributed by atoms with Crippen molar-refractivity contribution in [1.82, 2.24) is 19.1 Å². The fraction of sp³-hybridized carbons (Fsp3) is 0.353. The molecule has 0 bridgehead atoms. The number of aryl methyl sites for hydroxylation is 1. The minimum Gasteiger partial charge on any atom is -0.336 e. The van der Waals surface area contributed by atoms with Crippen LogP contribution in [0.5, 0.6) is 0 Å². The number of fused-ring (bicyclic) bond motifs is 1. The van der Waals surface area contributed by atoms with E-state index in [0.717, 1.165) is 4.57 Å². The summed E-state index contributed by atoms with van der Waals surface area (Å²) in [6.45, 7) is -0.596. The predicted octanol–water partition coefficient (Wildman–Crippen LogP) is 1.46. The van der Waals surface area contributed by atoms with Gasteiger partial charge in [-0.15, -0.1) is 0 Å². The summed E-state index contributed by atoms with van der Waals surface area (Å²) in [4.78, 5) is 32.1. The Labute approximate surface area is 150 Å². The van der Waals surface area contributed by atoms with Crippen molar-refractivity contribution in [3.8, 4) is 0 Å². The van der Waals surface area contributed by atoms with E-state index in [-0.39, 0.29) is 42.2 Å². The monoisotopic (exact) mass is 379 g/mol. The molecule has 1 fully saturated rings. The Morgan fingerprint density at radius 2 is 2.00 bits per heavy atom. The Morgan fingerprint density at radius 1 is 1.26 bits per heavy atom. The summed E-state index contributed by atoms with van der Waals surface area (Å²) in [5.41, 5.74) is -0.997. The minimum atomic E-state index is -2.88. The van der Waals surface area contributed by atoms with E-state index in [1.165, 1.54) is 28.6 Å². The van der Waals surface area contributed by atoms with Gasteiger partial charge in [0.25, 0.3) is 11.5 Å². The maximum Gasteiger partial charge on any atom is 0.329 e. The Bertz CT molecular complexity index is 1150. The highest BCUT2D eigenvalue weighted by Crippen LogP contribution is 2.32. The quantitative estimate of drug-likeness (QED) is 0.748. The smallest absolute Gasteiger partial charge is 0.329 e. The highest BCUT2D eigenvalue weighted by atomic mass is 19.3. The van der Waals surface area contributed by atoms with Crippen molar-refractivity contribution in [2.45, 2.75) is 18.9 Å². The summed E-state index contributed by atoms with van der Waals surface area (Å²) in [5, 5.41) is 0. The molecule has 2 aromatic heterocycles. The number of nitrogens with one attached hydrogen (secondary N) is 1. The summed E-state index contributed by atoms with van der Waals surface area (Å²) in [6.07, 6.45) is -0.342. The van der Waals surface area contributed by atoms with Crippen LogP contribution >= 0.6 is 0 Å². The summed E-state index contributed by atoms with van der Waals surface area (Å²) in [6, 6.07) is 5.99. The third-order valence-electron chi connectivity index (χ3n) is 4.73. The number of imidazole rings is 1. The van der Waals surface area contributed by atoms with Crippen LogP contribution < -0.4 is 16.1 Å². The van der Waals surface area contributed by atoms with Crippen molar-refractivity contribution in [2.75, 3.05) is 18.0 Å². The number of alkyl halides is 2. The van der Waals surface area contributed by atoms with E-state index < -0.39 is 29.5 Å². The zero-order valence-electron chi connectivity index (χ0n) is 14.4. The minimum absolute atomic E-state index is 0.0329. The second-order valence-electron chi connectivity index (χ2n) is 6.61. The van der Waals surface area contributed by atoms with Crippen LogP contribution in [-0.4, -0.2) is 38.1 Å². The van der Waals surface area contributed by atoms with Gasteiger partial charge in [-0.1, -0.05) is 18.2 Å². The van der Waals surface area contributed by atoms with Crippen LogP contribution in [0.2, 0.25) is 0 Å². The molecule has 0 spiro atoms. The Morgan fingerprint density at radius 3 is 2.67 bits per heavy atom. The van der Waals surface area contributed by atoms with Gasteiger partial charge in [-0.3, -0.25) is 18.9 Å². The van der Waals surface area contributed by atoms with Crippen LogP contribution in [0.1, 0.15) is 12.0 Å². The SMILES string of the molecule is Cn1c(=O)[nH]c(=O)c2c1nc(N1CCC(F)(F)C1)n2Cc1ccccc1F. The molecular formula is C17H16F3N5O2. The fourth-order valence-electron chi connectivity index (χ4n) is 3.32. The number of rotatable bonds is 3. The zero-order chi connectivity index (χ0) is 19.3. The molecule has 1 aliphatic heterocycles. The standard InChI is InChI=1S/C17H16F3N5O2/c1-23-13-12(14(26)22-16(23)27)25(8-10-4-2-3-5-11(10)18)15(21-13)24-7-6-17(19,20)9-24/h2-5H,6-9H2,1H3,(H,22,26,27). The van der Waals surface area contributed by atoms with Gasteiger partial charge in [-0.05, 0) is 6.07 Å². The van der Waals surface area contributed by atoms with Crippen molar-refractivity contribution in [2.24, 2.45) is 7.05 Å². The van der Waals surface area contributed by atoms with Gasteiger partial charge >= 0.3 is 5.69 Å². The lowest BCUT2D eigenvalue weighted by Gasteiger charge is -2.19. The molecule has 0 amide bonds. The third kappa shape index (κ3) is 2.90. The molecule has 4 rings (SSSR count). The Balaban J connectivity index is 1.95. The third-order valence-corrected chi connectivity index (χ3v) is 4.73. The maximum absolute atomic E-state index is 14.1. The van der Waals surface area contributed by atoms with Gasteiger partial charge in [0, 0.05) is 25.6 Å². The number of nitrogens with zero attached hydrogens (tertiary/aromatic N) is 4. The van der Waals surface area contributed by atoms with Gasteiger partial charge in [-0.25, -0.2) is 18.0 Å². The first-order valence-corrected chi connectivity index (χ1v) is 8.32. The summed E-state index contributed by atoms with van der Waals surface area (Å²) >= 11 is 0. The molecule has 10 heteroatoms. The van der Waals surface area contributed by atoms with Crippen LogP contribution in [0.4, 0.5) is 19.1 Å². The predicted molar refractivity (Wildman–Crippen MR) is 92.9 cm³/mol. The molecule has 0 atom stereocenters. The highest BCUT2D eigenvalue weighted by molar-refractivity contribution is 5.74. The molecule has 0 unspecified atom stereocenters. The van der Waals surface area contributed by atoms with Gasteiger partial charge in [0.15, 0.2) is 11.2 Å². The van der Waals surface area contributed by atoms with Crippen LogP contribution in [0, 0.1) is 5.82 Å². The number of aromatic amines is 1. The molecular weight excluding hydrogens is 363 g/mol. The van der Waals surface area contributed by atoms with E-state index in [4.69, 9.17) is 0 Å². The van der Waals surface area contributed by atoms with E-state index >= 15 is 0 Å². The van der Waals surface area contributed by atoms with Crippen molar-refractivity contribution < 1.29 is 13.2 Å². The topological polar surface area (TPSA) is 75.9 Å². The first-order chi connectivity index (χ1) is 12.8. The molecule has 1 N–H and O–H groups in total. The molecule has 0 saturated carbocycles. The number of anilines is 1. The molecule has 3 aromatic rings. The second-order valence-corrected chi connectivity index (χ2v) is 6.61. The molecule has 7 nitrogen and oxygen atoms in total. The van der Waals surface area contributed by atoms with E-state index in [1.807, 2.05) is 0 Å². The summed E-state index contributed by atoms with van der Waals surface area (Å²) < 4.78 is 44.1. The molecule has 1 aliphatic rings. The van der Waals surface area contributed by atoms with Crippen molar-refractivity contribution in [1.29, 1.82) is 0 Å². The number of H-pyrrole nitrogens is 1. The fourth-order valence-corrected chi connectivity index (χ4v) is 3.32. The van der Waals surface area contributed by atoms with Crippen LogP contribution in [0.25, 0.3) is 11.2 Å². The maximum atomic E-state index is 14.1. The van der Waals surface area contributed by atoms with Gasteiger partial charge in [-0.2, -0.15) is 4.98 Å². The molecule has 0 aliphatic carbocycles. The molecule has 1 aromatic carbocycles. The number of halogens is 3. The largest absolute Gasteiger partial charge is 0.336 e. The Hall–Kier alpha value is -3.04. The van der Waals surface area contributed by atoms with Crippen molar-refractivity contribution in [3.63, 3.8) is 0 Å². The van der Waals surface area contributed by atoms with E-state index in [9.17, 15) is 22.8 Å². The lowest BCUT2D eigenvalue weighted by Crippen LogP contribution is -2.30. The number of hydrogen-bond donors (Lipinski definition) is 1. The average Bonchev–Trinajstić information content (AvgIpc) is 3.15. The lowest BCUT2D eigenvalue weighted by atomic mass is 10.2. The van der Waals surface area contributed by atoms with Crippen LogP contribution in [0.3, 0.4) is 0 Å². The van der Waals surface area contributed by atoms with Crippen LogP contribution in [-0.2, 0) is 13.6 Å². The van der Waals surface area contributed by atoms with E-state index in [0.29, 0.717) is 0 Å². The van der Waals surface area contributed by atoms with Crippen LogP contribution in [0.15, 0.2) is 33.9 Å². The normalized spacial score (nSPS) is 16.4. The highest BCUT2D eigenvalue weighted by Gasteiger charge is 2.40. The first kappa shape index (κ1) is 17.4. The number of aromatic nitrogens is 4. The summed E-state index contributed by atoms with van der Waals surface area (Å²) in [7, 11) is 1.42. The summed E-state index contributed by atoms with van der Waals surface area (Å²) in [5.74, 6) is -3.25. The molecule has 1 saturated heterocycles. The molecule has 0 radical (unpaired) electrons. The van der Waals surface area contributed by atoms with E-state index in [1.54, 1.807) is 12.1 Å². The van der Waals surface area contributed by atoms with Gasteiger partial charge in [0.1, 0.15) is 5.82 Å². The number of hydrogen-bond acceptors (Lipinski definition) is 4. The van der Waals surface area contributed by atoms with Crippen molar-refractivity contribution >= 4 is 17.1 Å². The molecule has 3 heterocycles. The molecule has 142 valence electrons. The molecule has 27 heavy (non-hydrogen) atoms. The van der Waals surface area contributed by atoms with Gasteiger partial charge in [0.2, 0.25) is 5.95 Å². The lowest BCUT2D eigenvalue weighted by molar-refractivity contribution is 0.0256. The first-order valence-electron chi connectivity index (χ1n) is 8.32. The van der Waals surface area contributed by atoms with E-state index in [2.05, 4.69) is 9.97 Å². The second kappa shape index (κ2) is 6.00. The number of benzene rings is 1. The zero-order valence-corrected chi connectivity index (χ0v) is 14.4. The van der Waals surface area contributed by atoms with Gasteiger partial charge in [0.05, 0.1) is 13.1 Å². The Kier molecular flexibility index (Phi) is 3.86. The van der Waals surface area contributed by atoms with Gasteiger partial charge < -0.3 is 4.90 Å².